The first-order chi connectivity index (χ1) is 21.6. The number of rotatable bonds is 10. The number of nitriles is 1. The summed E-state index contributed by atoms with van der Waals surface area (Å²) in [6, 6.07) is 34.1. The second-order valence-electron chi connectivity index (χ2n) is 10.1. The van der Waals surface area contributed by atoms with Crippen LogP contribution in [0.4, 0.5) is 39.3 Å². The Labute approximate surface area is 259 Å². The van der Waals surface area contributed by atoms with Gasteiger partial charge in [-0.05, 0) is 61.9 Å². The molecule has 1 atom stereocenters. The maximum atomic E-state index is 8.92. The highest BCUT2D eigenvalue weighted by Gasteiger charge is 2.09. The van der Waals surface area contributed by atoms with Crippen LogP contribution >= 0.6 is 11.3 Å². The van der Waals surface area contributed by atoms with Gasteiger partial charge in [0.1, 0.15) is 6.07 Å². The van der Waals surface area contributed by atoms with E-state index in [1.807, 2.05) is 84.9 Å². The normalized spacial score (nSPS) is 12.1. The molecule has 0 radical (unpaired) electrons. The van der Waals surface area contributed by atoms with Gasteiger partial charge >= 0.3 is 0 Å². The molecule has 6 rings (SSSR count). The monoisotopic (exact) mass is 595 g/mol. The molecule has 1 heterocycles. The van der Waals surface area contributed by atoms with Gasteiger partial charge in [0.2, 0.25) is 5.13 Å². The van der Waals surface area contributed by atoms with Gasteiger partial charge in [-0.1, -0.05) is 55.5 Å². The molecular weight excluding hydrogens is 567 g/mol. The summed E-state index contributed by atoms with van der Waals surface area (Å²) in [7, 11) is 0. The highest BCUT2D eigenvalue weighted by atomic mass is 32.1. The van der Waals surface area contributed by atoms with Crippen LogP contribution in [0, 0.1) is 11.3 Å². The zero-order valence-electron chi connectivity index (χ0n) is 24.2. The molecule has 1 unspecified atom stereocenters. The highest BCUT2D eigenvalue weighted by Crippen LogP contribution is 2.37. The van der Waals surface area contributed by atoms with Crippen molar-refractivity contribution in [3.63, 3.8) is 0 Å². The van der Waals surface area contributed by atoms with Crippen molar-refractivity contribution in [2.45, 2.75) is 26.3 Å². The fourth-order valence-corrected chi connectivity index (χ4v) is 5.23. The Morgan fingerprint density at radius 1 is 0.727 bits per heavy atom. The zero-order chi connectivity index (χ0) is 30.3. The first kappa shape index (κ1) is 28.5. The van der Waals surface area contributed by atoms with Crippen molar-refractivity contribution in [2.75, 3.05) is 16.2 Å². The molecule has 0 aliphatic rings. The number of hydrazine groups is 1. The van der Waals surface area contributed by atoms with Crippen LogP contribution in [0.2, 0.25) is 0 Å². The van der Waals surface area contributed by atoms with E-state index in [0.717, 1.165) is 56.4 Å². The van der Waals surface area contributed by atoms with Crippen molar-refractivity contribution in [2.24, 2.45) is 20.5 Å². The standard InChI is InChI=1S/C34H29N9S/c1-3-22(2)36-30-16-17-32(27-9-5-4-8-26(27)30)41-42-33-19-18-31(28-10-6-7-11-29(28)33)40-38-23-12-14-24(15-13-23)39-43-34-37-25(20-35)21-44-34/h4-19,21-22,36,39H,3H2,1-2H3,(H,37,43). The third-order valence-corrected chi connectivity index (χ3v) is 7.89. The first-order valence-corrected chi connectivity index (χ1v) is 15.1. The number of hydrogen-bond donors (Lipinski definition) is 3. The topological polar surface area (TPSA) is 122 Å². The van der Waals surface area contributed by atoms with E-state index in [-0.39, 0.29) is 0 Å². The van der Waals surface area contributed by atoms with E-state index in [0.29, 0.717) is 22.6 Å². The fourth-order valence-electron chi connectivity index (χ4n) is 4.64. The van der Waals surface area contributed by atoms with Gasteiger partial charge in [0, 0.05) is 38.7 Å². The van der Waals surface area contributed by atoms with Crippen molar-refractivity contribution in [1.29, 1.82) is 5.26 Å². The molecule has 0 aliphatic heterocycles. The Kier molecular flexibility index (Phi) is 8.48. The van der Waals surface area contributed by atoms with Crippen LogP contribution in [0.15, 0.2) is 123 Å². The zero-order valence-corrected chi connectivity index (χ0v) is 25.0. The van der Waals surface area contributed by atoms with Gasteiger partial charge in [-0.2, -0.15) is 10.4 Å². The summed E-state index contributed by atoms with van der Waals surface area (Å²) in [5.41, 5.74) is 11.4. The minimum absolute atomic E-state index is 0.376. The van der Waals surface area contributed by atoms with Gasteiger partial charge in [-0.15, -0.1) is 26.7 Å². The molecule has 0 bridgehead atoms. The molecule has 0 fully saturated rings. The molecule has 0 aliphatic carbocycles. The van der Waals surface area contributed by atoms with E-state index >= 15 is 0 Å². The lowest BCUT2D eigenvalue weighted by atomic mass is 10.1. The second-order valence-corrected chi connectivity index (χ2v) is 11.0. The van der Waals surface area contributed by atoms with Crippen LogP contribution < -0.4 is 16.2 Å². The number of benzene rings is 5. The summed E-state index contributed by atoms with van der Waals surface area (Å²) < 4.78 is 0. The minimum Gasteiger partial charge on any atom is -0.382 e. The van der Waals surface area contributed by atoms with Crippen molar-refractivity contribution in [3.8, 4) is 6.07 Å². The number of nitrogens with one attached hydrogen (secondary N) is 3. The summed E-state index contributed by atoms with van der Waals surface area (Å²) in [6.45, 7) is 4.36. The van der Waals surface area contributed by atoms with Gasteiger partial charge < -0.3 is 5.32 Å². The second kappa shape index (κ2) is 13.1. The predicted octanol–water partition coefficient (Wildman–Crippen LogP) is 10.8. The van der Waals surface area contributed by atoms with E-state index in [2.05, 4.69) is 73.7 Å². The van der Waals surface area contributed by atoms with Crippen LogP contribution in [0.3, 0.4) is 0 Å². The molecule has 1 aromatic heterocycles. The largest absolute Gasteiger partial charge is 0.382 e. The van der Waals surface area contributed by atoms with Crippen LogP contribution in [-0.2, 0) is 0 Å². The van der Waals surface area contributed by atoms with Gasteiger partial charge in [-0.3, -0.25) is 10.9 Å². The van der Waals surface area contributed by atoms with E-state index in [1.165, 1.54) is 11.3 Å². The van der Waals surface area contributed by atoms with Gasteiger partial charge in [-0.25, -0.2) is 4.98 Å². The summed E-state index contributed by atoms with van der Waals surface area (Å²) in [4.78, 5) is 4.14. The van der Waals surface area contributed by atoms with Crippen molar-refractivity contribution >= 4 is 72.1 Å². The molecular formula is C34H29N9S. The summed E-state index contributed by atoms with van der Waals surface area (Å²) in [5, 5.41) is 37.3. The average molecular weight is 596 g/mol. The van der Waals surface area contributed by atoms with Crippen molar-refractivity contribution in [3.05, 3.63) is 108 Å². The molecule has 10 heteroatoms. The number of anilines is 3. The number of fused-ring (bicyclic) bond motifs is 2. The molecule has 0 saturated heterocycles. The smallest absolute Gasteiger partial charge is 0.202 e. The lowest BCUT2D eigenvalue weighted by molar-refractivity contribution is 0.765. The van der Waals surface area contributed by atoms with E-state index in [4.69, 9.17) is 5.26 Å². The number of aromatic nitrogens is 1. The Bertz CT molecular complexity index is 2020. The number of azo groups is 2. The third kappa shape index (κ3) is 6.38. The van der Waals surface area contributed by atoms with Crippen LogP contribution in [-0.4, -0.2) is 11.0 Å². The summed E-state index contributed by atoms with van der Waals surface area (Å²) >= 11 is 1.35. The Morgan fingerprint density at radius 3 is 1.89 bits per heavy atom. The molecule has 0 spiro atoms. The summed E-state index contributed by atoms with van der Waals surface area (Å²) in [5.74, 6) is 0. The van der Waals surface area contributed by atoms with Gasteiger partial charge in [0.15, 0.2) is 5.69 Å². The van der Waals surface area contributed by atoms with Crippen molar-refractivity contribution in [1.82, 2.24) is 4.98 Å². The molecule has 44 heavy (non-hydrogen) atoms. The number of thiazole rings is 1. The molecule has 0 saturated carbocycles. The maximum absolute atomic E-state index is 8.92. The van der Waals surface area contributed by atoms with E-state index < -0.39 is 0 Å². The fraction of sp³-hybridized carbons (Fsp3) is 0.118. The molecule has 3 N–H and O–H groups in total. The Morgan fingerprint density at radius 2 is 1.30 bits per heavy atom. The van der Waals surface area contributed by atoms with Crippen LogP contribution in [0.5, 0.6) is 0 Å². The van der Waals surface area contributed by atoms with Gasteiger partial charge in [0.05, 0.1) is 28.4 Å². The maximum Gasteiger partial charge on any atom is 0.202 e. The lowest BCUT2D eigenvalue weighted by Gasteiger charge is -2.15. The predicted molar refractivity (Wildman–Crippen MR) is 180 cm³/mol. The van der Waals surface area contributed by atoms with Crippen molar-refractivity contribution < 1.29 is 0 Å². The number of nitrogens with zero attached hydrogens (tertiary/aromatic N) is 6. The quantitative estimate of drug-likeness (QED) is 0.107. The average Bonchev–Trinajstić information content (AvgIpc) is 3.55. The molecule has 5 aromatic carbocycles. The Balaban J connectivity index is 1.21. The molecule has 216 valence electrons. The highest BCUT2D eigenvalue weighted by molar-refractivity contribution is 7.13. The first-order valence-electron chi connectivity index (χ1n) is 14.2. The molecule has 6 aromatic rings. The van der Waals surface area contributed by atoms with Crippen LogP contribution in [0.1, 0.15) is 26.0 Å². The third-order valence-electron chi connectivity index (χ3n) is 7.13. The lowest BCUT2D eigenvalue weighted by Crippen LogP contribution is -2.13. The number of hydrogen-bond acceptors (Lipinski definition) is 10. The Hall–Kier alpha value is -5.66. The molecule has 9 nitrogen and oxygen atoms in total. The van der Waals surface area contributed by atoms with Gasteiger partial charge in [0.25, 0.3) is 0 Å². The molecule has 0 amide bonds. The van der Waals surface area contributed by atoms with E-state index in [1.54, 1.807) is 5.38 Å². The SMILES string of the molecule is CCC(C)Nc1ccc(N=Nc2ccc(N=Nc3ccc(NNc4nc(C#N)cs4)cc3)c3ccccc23)c2ccccc12. The van der Waals surface area contributed by atoms with Crippen LogP contribution in [0.25, 0.3) is 21.5 Å². The summed E-state index contributed by atoms with van der Waals surface area (Å²) in [6.07, 6.45) is 1.04. The van der Waals surface area contributed by atoms with E-state index in [9.17, 15) is 0 Å². The minimum atomic E-state index is 0.376.